The predicted molar refractivity (Wildman–Crippen MR) is 164 cm³/mol. The molecular formula is C32H36FN5O5. The largest absolute Gasteiger partial charge is 0.493 e. The lowest BCUT2D eigenvalue weighted by Gasteiger charge is -2.38. The fourth-order valence-corrected chi connectivity index (χ4v) is 4.58. The number of allylic oxidation sites excluding steroid dienone is 3. The van der Waals surface area contributed by atoms with E-state index in [1.54, 1.807) is 36.4 Å². The molecule has 0 bridgehead atoms. The molecule has 0 aromatic heterocycles. The van der Waals surface area contributed by atoms with Crippen molar-refractivity contribution in [2.45, 2.75) is 32.6 Å². The number of rotatable bonds is 14. The molecule has 2 amide bonds. The third-order valence-corrected chi connectivity index (χ3v) is 7.13. The summed E-state index contributed by atoms with van der Waals surface area (Å²) >= 11 is 0. The molecule has 2 aliphatic rings. The van der Waals surface area contributed by atoms with Gasteiger partial charge in [0, 0.05) is 29.1 Å². The van der Waals surface area contributed by atoms with Crippen molar-refractivity contribution in [3.63, 3.8) is 0 Å². The Morgan fingerprint density at radius 1 is 1.05 bits per heavy atom. The lowest BCUT2D eigenvalue weighted by molar-refractivity contribution is -0.142. The molecule has 10 nitrogen and oxygen atoms in total. The SMILES string of the molecule is CCNCCCOC1=CC(=N/C=N)/C(=C/Oc2ccc(NC(=O)C3(C(=O)Nc4ccccc4)CCC3)cc2F)C=C1OC. The molecule has 0 aliphatic heterocycles. The lowest BCUT2D eigenvalue weighted by Crippen LogP contribution is -2.50. The van der Waals surface area contributed by atoms with E-state index in [4.69, 9.17) is 19.6 Å². The summed E-state index contributed by atoms with van der Waals surface area (Å²) in [5.41, 5.74) is 0.401. The first-order chi connectivity index (χ1) is 20.9. The van der Waals surface area contributed by atoms with E-state index < -0.39 is 17.1 Å². The number of ether oxygens (including phenoxy) is 3. The Labute approximate surface area is 250 Å². The van der Waals surface area contributed by atoms with Gasteiger partial charge in [-0.3, -0.25) is 15.0 Å². The third-order valence-electron chi connectivity index (χ3n) is 7.13. The molecule has 4 rings (SSSR count). The van der Waals surface area contributed by atoms with E-state index in [1.807, 2.05) is 13.0 Å². The molecular weight excluding hydrogens is 553 g/mol. The molecule has 2 aliphatic carbocycles. The molecule has 0 unspecified atom stereocenters. The quantitative estimate of drug-likeness (QED) is 0.0774. The van der Waals surface area contributed by atoms with E-state index in [9.17, 15) is 9.59 Å². The van der Waals surface area contributed by atoms with Gasteiger partial charge in [-0.2, -0.15) is 0 Å². The maximum absolute atomic E-state index is 15.0. The maximum atomic E-state index is 15.0. The zero-order valence-electron chi connectivity index (χ0n) is 24.2. The highest BCUT2D eigenvalue weighted by molar-refractivity contribution is 6.15. The summed E-state index contributed by atoms with van der Waals surface area (Å²) in [5, 5.41) is 16.2. The summed E-state index contributed by atoms with van der Waals surface area (Å²) < 4.78 is 32.0. The van der Waals surface area contributed by atoms with Crippen LogP contribution in [0.5, 0.6) is 5.75 Å². The Morgan fingerprint density at radius 2 is 1.79 bits per heavy atom. The van der Waals surface area contributed by atoms with Crippen molar-refractivity contribution in [3.05, 3.63) is 89.9 Å². The first kappa shape index (κ1) is 31.2. The minimum absolute atomic E-state index is 0.0957. The normalized spacial score (nSPS) is 17.3. The Balaban J connectivity index is 1.42. The van der Waals surface area contributed by atoms with Gasteiger partial charge in [0.1, 0.15) is 18.0 Å². The highest BCUT2D eigenvalue weighted by Gasteiger charge is 2.50. The second-order valence-electron chi connectivity index (χ2n) is 9.97. The van der Waals surface area contributed by atoms with Crippen molar-refractivity contribution in [2.75, 3.05) is 37.4 Å². The minimum Gasteiger partial charge on any atom is -0.493 e. The fraction of sp³-hybridized carbons (Fsp3) is 0.312. The summed E-state index contributed by atoms with van der Waals surface area (Å²) in [5.74, 6) is -0.790. The standard InChI is InChI=1S/C32H36FN5O5/c1-3-35-15-8-16-42-29-19-26(36-21-34)22(17-28(29)41-2)20-43-27-12-11-24(18-25(27)33)38-31(40)32(13-7-14-32)30(39)37-23-9-5-4-6-10-23/h4-6,9-12,17-21,34-35H,3,7-8,13-16H2,1-2H3,(H,37,39)(H,38,40)/b22-20+,34-21?,36-26-. The van der Waals surface area contributed by atoms with E-state index in [-0.39, 0.29) is 17.3 Å². The van der Waals surface area contributed by atoms with Crippen LogP contribution in [0.25, 0.3) is 0 Å². The number of anilines is 2. The molecule has 0 saturated heterocycles. The maximum Gasteiger partial charge on any atom is 0.240 e. The van der Waals surface area contributed by atoms with E-state index >= 15 is 4.39 Å². The second kappa shape index (κ2) is 14.9. The van der Waals surface area contributed by atoms with Crippen LogP contribution in [0.3, 0.4) is 0 Å². The number of carbonyl (C=O) groups is 2. The van der Waals surface area contributed by atoms with Crippen LogP contribution in [-0.2, 0) is 19.1 Å². The molecule has 11 heteroatoms. The summed E-state index contributed by atoms with van der Waals surface area (Å²) in [4.78, 5) is 30.2. The smallest absolute Gasteiger partial charge is 0.240 e. The molecule has 4 N–H and O–H groups in total. The first-order valence-corrected chi connectivity index (χ1v) is 14.1. The van der Waals surface area contributed by atoms with Crippen molar-refractivity contribution >= 4 is 35.2 Å². The number of aliphatic imine (C=N–C) groups is 1. The van der Waals surface area contributed by atoms with E-state index in [2.05, 4.69) is 20.9 Å². The monoisotopic (exact) mass is 589 g/mol. The predicted octanol–water partition coefficient (Wildman–Crippen LogP) is 5.33. The second-order valence-corrected chi connectivity index (χ2v) is 9.97. The van der Waals surface area contributed by atoms with Crippen LogP contribution in [0.2, 0.25) is 0 Å². The van der Waals surface area contributed by atoms with E-state index in [1.165, 1.54) is 25.5 Å². The van der Waals surface area contributed by atoms with Gasteiger partial charge >= 0.3 is 0 Å². The van der Waals surface area contributed by atoms with Gasteiger partial charge in [0.05, 0.1) is 19.4 Å². The zero-order chi connectivity index (χ0) is 30.7. The number of carbonyl (C=O) groups excluding carboxylic acids is 2. The van der Waals surface area contributed by atoms with E-state index in [0.29, 0.717) is 47.9 Å². The first-order valence-electron chi connectivity index (χ1n) is 14.1. The molecule has 43 heavy (non-hydrogen) atoms. The number of nitrogens with zero attached hydrogens (tertiary/aromatic N) is 1. The van der Waals surface area contributed by atoms with Crippen molar-refractivity contribution in [1.29, 1.82) is 5.41 Å². The summed E-state index contributed by atoms with van der Waals surface area (Å²) in [7, 11) is 1.50. The average molecular weight is 590 g/mol. The van der Waals surface area contributed by atoms with Crippen LogP contribution in [0.4, 0.5) is 15.8 Å². The molecule has 0 atom stereocenters. The van der Waals surface area contributed by atoms with E-state index in [0.717, 1.165) is 38.3 Å². The lowest BCUT2D eigenvalue weighted by atomic mass is 9.67. The van der Waals surface area contributed by atoms with Gasteiger partial charge in [0.2, 0.25) is 11.8 Å². The van der Waals surface area contributed by atoms with Gasteiger partial charge in [-0.25, -0.2) is 9.38 Å². The number of methoxy groups -OCH3 is 1. The molecule has 0 heterocycles. The van der Waals surface area contributed by atoms with Gasteiger partial charge < -0.3 is 30.2 Å². The zero-order valence-corrected chi connectivity index (χ0v) is 24.2. The molecule has 0 spiro atoms. The van der Waals surface area contributed by atoms with Gasteiger partial charge in [-0.1, -0.05) is 31.5 Å². The molecule has 1 fully saturated rings. The van der Waals surface area contributed by atoms with Crippen molar-refractivity contribution in [3.8, 4) is 5.75 Å². The molecule has 1 saturated carbocycles. The van der Waals surface area contributed by atoms with Crippen molar-refractivity contribution in [2.24, 2.45) is 10.4 Å². The topological polar surface area (TPSA) is 134 Å². The summed E-state index contributed by atoms with van der Waals surface area (Å²) in [6, 6.07) is 12.9. The highest BCUT2D eigenvalue weighted by atomic mass is 19.1. The Bertz CT molecular complexity index is 1450. The fourth-order valence-electron chi connectivity index (χ4n) is 4.58. The number of hydrogen-bond donors (Lipinski definition) is 4. The number of para-hydroxylation sites is 1. The summed E-state index contributed by atoms with van der Waals surface area (Å²) in [6.07, 6.45) is 7.80. The molecule has 2 aromatic rings. The Morgan fingerprint density at radius 3 is 2.42 bits per heavy atom. The number of nitrogens with one attached hydrogen (secondary N) is 4. The summed E-state index contributed by atoms with van der Waals surface area (Å²) in [6.45, 7) is 4.18. The third kappa shape index (κ3) is 7.75. The van der Waals surface area contributed by atoms with Gasteiger partial charge in [-0.05, 0) is 62.7 Å². The number of benzene rings is 2. The van der Waals surface area contributed by atoms with Crippen LogP contribution in [0.15, 0.2) is 89.0 Å². The van der Waals surface area contributed by atoms with Crippen LogP contribution in [0.1, 0.15) is 32.6 Å². The minimum atomic E-state index is -1.22. The Hall–Kier alpha value is -4.77. The average Bonchev–Trinajstić information content (AvgIpc) is 2.97. The van der Waals surface area contributed by atoms with Gasteiger partial charge in [-0.15, -0.1) is 0 Å². The molecule has 226 valence electrons. The number of halogens is 1. The molecule has 2 aromatic carbocycles. The molecule has 0 radical (unpaired) electrons. The van der Waals surface area contributed by atoms with Crippen LogP contribution in [0, 0.1) is 16.6 Å². The van der Waals surface area contributed by atoms with Crippen LogP contribution in [-0.4, -0.2) is 50.7 Å². The highest BCUT2D eigenvalue weighted by Crippen LogP contribution is 2.43. The number of hydrogen-bond acceptors (Lipinski definition) is 7. The van der Waals surface area contributed by atoms with Crippen molar-refractivity contribution < 1.29 is 28.2 Å². The van der Waals surface area contributed by atoms with Gasteiger partial charge in [0.25, 0.3) is 0 Å². The number of amides is 2. The van der Waals surface area contributed by atoms with Crippen molar-refractivity contribution in [1.82, 2.24) is 5.32 Å². The van der Waals surface area contributed by atoms with Crippen LogP contribution < -0.4 is 20.7 Å². The Kier molecular flexibility index (Phi) is 10.8. The van der Waals surface area contributed by atoms with Gasteiger partial charge in [0.15, 0.2) is 23.1 Å². The van der Waals surface area contributed by atoms with Crippen LogP contribution >= 0.6 is 0 Å².